The fraction of sp³-hybridized carbons (Fsp3) is 0.571. The van der Waals surface area contributed by atoms with Gasteiger partial charge in [0.25, 0.3) is 0 Å². The summed E-state index contributed by atoms with van der Waals surface area (Å²) in [5.74, 6) is 1.48. The van der Waals surface area contributed by atoms with Gasteiger partial charge in [-0.2, -0.15) is 0 Å². The molecule has 1 rings (SSSR count). The second-order valence-corrected chi connectivity index (χ2v) is 4.45. The lowest BCUT2D eigenvalue weighted by Gasteiger charge is -2.12. The first-order valence-corrected chi connectivity index (χ1v) is 6.04. The van der Waals surface area contributed by atoms with Crippen molar-refractivity contribution in [1.29, 1.82) is 0 Å². The molecule has 1 N–H and O–H groups in total. The third-order valence-electron chi connectivity index (χ3n) is 2.68. The number of aliphatic hydroxyl groups excluding tert-OH is 1. The smallest absolute Gasteiger partial charge is 0.119 e. The van der Waals surface area contributed by atoms with Crippen LogP contribution in [0.1, 0.15) is 45.3 Å². The molecule has 0 aromatic heterocycles. The zero-order valence-electron chi connectivity index (χ0n) is 10.4. The molecule has 0 fully saturated rings. The van der Waals surface area contributed by atoms with E-state index in [0.717, 1.165) is 17.9 Å². The monoisotopic (exact) mass is 222 g/mol. The van der Waals surface area contributed by atoms with Crippen LogP contribution in [0.5, 0.6) is 5.75 Å². The van der Waals surface area contributed by atoms with Gasteiger partial charge in [0.15, 0.2) is 0 Å². The Morgan fingerprint density at radius 2 is 1.81 bits per heavy atom. The minimum atomic E-state index is -0.409. The largest absolute Gasteiger partial charge is 0.493 e. The van der Waals surface area contributed by atoms with Gasteiger partial charge in [-0.05, 0) is 37.0 Å². The van der Waals surface area contributed by atoms with Crippen molar-refractivity contribution in [3.8, 4) is 5.75 Å². The van der Waals surface area contributed by atoms with Crippen LogP contribution >= 0.6 is 0 Å². The minimum Gasteiger partial charge on any atom is -0.493 e. The van der Waals surface area contributed by atoms with E-state index in [1.54, 1.807) is 6.92 Å². The second kappa shape index (κ2) is 6.54. The second-order valence-electron chi connectivity index (χ2n) is 4.45. The summed E-state index contributed by atoms with van der Waals surface area (Å²) < 4.78 is 5.67. The summed E-state index contributed by atoms with van der Waals surface area (Å²) in [6.07, 6.45) is 1.99. The first kappa shape index (κ1) is 13.0. The number of hydrogen-bond acceptors (Lipinski definition) is 2. The third kappa shape index (κ3) is 4.23. The molecule has 0 saturated carbocycles. The Balaban J connectivity index is 2.43. The van der Waals surface area contributed by atoms with Crippen LogP contribution in [0.2, 0.25) is 0 Å². The van der Waals surface area contributed by atoms with Gasteiger partial charge in [-0.15, -0.1) is 0 Å². The maximum atomic E-state index is 9.36. The Labute approximate surface area is 98.3 Å². The molecule has 2 unspecified atom stereocenters. The van der Waals surface area contributed by atoms with E-state index >= 15 is 0 Å². The molecule has 2 atom stereocenters. The van der Waals surface area contributed by atoms with Gasteiger partial charge in [0.2, 0.25) is 0 Å². The van der Waals surface area contributed by atoms with Gasteiger partial charge in [0, 0.05) is 0 Å². The lowest BCUT2D eigenvalue weighted by molar-refractivity contribution is 0.199. The van der Waals surface area contributed by atoms with Crippen LogP contribution in [0.15, 0.2) is 24.3 Å². The highest BCUT2D eigenvalue weighted by atomic mass is 16.5. The molecule has 0 aliphatic carbocycles. The van der Waals surface area contributed by atoms with Crippen molar-refractivity contribution >= 4 is 0 Å². The van der Waals surface area contributed by atoms with Gasteiger partial charge in [0.05, 0.1) is 12.7 Å². The van der Waals surface area contributed by atoms with Crippen LogP contribution in [-0.2, 0) is 0 Å². The molecular formula is C14H22O2. The highest BCUT2D eigenvalue weighted by molar-refractivity contribution is 5.28. The highest BCUT2D eigenvalue weighted by Crippen LogP contribution is 2.18. The van der Waals surface area contributed by atoms with Crippen LogP contribution in [-0.4, -0.2) is 11.7 Å². The third-order valence-corrected chi connectivity index (χ3v) is 2.68. The average Bonchev–Trinajstić information content (AvgIpc) is 2.27. The van der Waals surface area contributed by atoms with E-state index in [1.165, 1.54) is 12.8 Å². The van der Waals surface area contributed by atoms with Crippen LogP contribution < -0.4 is 4.74 Å². The predicted molar refractivity (Wildman–Crippen MR) is 66.6 cm³/mol. The molecule has 1 aromatic rings. The highest BCUT2D eigenvalue weighted by Gasteiger charge is 2.03. The number of ether oxygens (including phenoxy) is 1. The van der Waals surface area contributed by atoms with E-state index < -0.39 is 6.10 Å². The quantitative estimate of drug-likeness (QED) is 0.797. The molecule has 0 amide bonds. The van der Waals surface area contributed by atoms with Crippen LogP contribution in [0.4, 0.5) is 0 Å². The van der Waals surface area contributed by atoms with E-state index in [2.05, 4.69) is 13.8 Å². The normalized spacial score (nSPS) is 14.5. The van der Waals surface area contributed by atoms with Crippen LogP contribution in [0.25, 0.3) is 0 Å². The van der Waals surface area contributed by atoms with E-state index in [-0.39, 0.29) is 0 Å². The standard InChI is InChI=1S/C14H22O2/c1-4-5-11(2)10-16-14-8-6-13(7-9-14)12(3)15/h6-9,11-12,15H,4-5,10H2,1-3H3. The van der Waals surface area contributed by atoms with E-state index in [0.29, 0.717) is 5.92 Å². The SMILES string of the molecule is CCCC(C)COc1ccc(C(C)O)cc1. The Hall–Kier alpha value is -1.02. The van der Waals surface area contributed by atoms with Gasteiger partial charge in [-0.1, -0.05) is 32.4 Å². The zero-order chi connectivity index (χ0) is 12.0. The Morgan fingerprint density at radius 1 is 1.19 bits per heavy atom. The number of hydrogen-bond donors (Lipinski definition) is 1. The predicted octanol–water partition coefficient (Wildman–Crippen LogP) is 3.55. The summed E-state index contributed by atoms with van der Waals surface area (Å²) in [5, 5.41) is 9.36. The summed E-state index contributed by atoms with van der Waals surface area (Å²) in [7, 11) is 0. The fourth-order valence-corrected chi connectivity index (χ4v) is 1.66. The van der Waals surface area contributed by atoms with Gasteiger partial charge in [-0.25, -0.2) is 0 Å². The van der Waals surface area contributed by atoms with E-state index in [9.17, 15) is 5.11 Å². The topological polar surface area (TPSA) is 29.5 Å². The van der Waals surface area contributed by atoms with Gasteiger partial charge < -0.3 is 9.84 Å². The van der Waals surface area contributed by atoms with Crippen molar-refractivity contribution in [2.75, 3.05) is 6.61 Å². The molecule has 0 aliphatic rings. The summed E-state index contributed by atoms with van der Waals surface area (Å²) in [6, 6.07) is 7.65. The van der Waals surface area contributed by atoms with Crippen molar-refractivity contribution in [2.24, 2.45) is 5.92 Å². The molecule has 0 aliphatic heterocycles. The minimum absolute atomic E-state index is 0.409. The molecular weight excluding hydrogens is 200 g/mol. The number of aliphatic hydroxyl groups is 1. The first-order valence-electron chi connectivity index (χ1n) is 6.04. The zero-order valence-corrected chi connectivity index (χ0v) is 10.4. The maximum Gasteiger partial charge on any atom is 0.119 e. The lowest BCUT2D eigenvalue weighted by atomic mass is 10.1. The van der Waals surface area contributed by atoms with Gasteiger partial charge in [0.1, 0.15) is 5.75 Å². The number of rotatable bonds is 6. The molecule has 90 valence electrons. The molecule has 0 heterocycles. The molecule has 1 aromatic carbocycles. The maximum absolute atomic E-state index is 9.36. The summed E-state index contributed by atoms with van der Waals surface area (Å²) in [4.78, 5) is 0. The van der Waals surface area contributed by atoms with Crippen molar-refractivity contribution < 1.29 is 9.84 Å². The van der Waals surface area contributed by atoms with Crippen molar-refractivity contribution in [3.05, 3.63) is 29.8 Å². The van der Waals surface area contributed by atoms with Crippen molar-refractivity contribution in [2.45, 2.75) is 39.7 Å². The summed E-state index contributed by atoms with van der Waals surface area (Å²) in [6.45, 7) is 6.92. The molecule has 0 saturated heterocycles. The van der Waals surface area contributed by atoms with Crippen LogP contribution in [0.3, 0.4) is 0 Å². The Bertz CT molecular complexity index is 290. The molecule has 16 heavy (non-hydrogen) atoms. The Morgan fingerprint density at radius 3 is 2.31 bits per heavy atom. The number of benzene rings is 1. The molecule has 0 bridgehead atoms. The van der Waals surface area contributed by atoms with E-state index in [1.807, 2.05) is 24.3 Å². The molecule has 2 nitrogen and oxygen atoms in total. The summed E-state index contributed by atoms with van der Waals surface area (Å²) >= 11 is 0. The van der Waals surface area contributed by atoms with Crippen molar-refractivity contribution in [3.63, 3.8) is 0 Å². The van der Waals surface area contributed by atoms with Gasteiger partial charge in [-0.3, -0.25) is 0 Å². The first-order chi connectivity index (χ1) is 7.63. The molecule has 0 radical (unpaired) electrons. The van der Waals surface area contributed by atoms with Crippen molar-refractivity contribution in [1.82, 2.24) is 0 Å². The summed E-state index contributed by atoms with van der Waals surface area (Å²) in [5.41, 5.74) is 0.925. The lowest BCUT2D eigenvalue weighted by Crippen LogP contribution is -2.08. The molecule has 0 spiro atoms. The fourth-order valence-electron chi connectivity index (χ4n) is 1.66. The average molecular weight is 222 g/mol. The van der Waals surface area contributed by atoms with E-state index in [4.69, 9.17) is 4.74 Å². The van der Waals surface area contributed by atoms with Gasteiger partial charge >= 0.3 is 0 Å². The Kier molecular flexibility index (Phi) is 5.33. The molecule has 2 heteroatoms. The van der Waals surface area contributed by atoms with Crippen LogP contribution in [0, 0.1) is 5.92 Å².